The number of carboxylic acids is 1. The van der Waals surface area contributed by atoms with Crippen LogP contribution in [0.15, 0.2) is 0 Å². The van der Waals surface area contributed by atoms with Gasteiger partial charge in [0.2, 0.25) is 0 Å². The molecule has 0 saturated heterocycles. The van der Waals surface area contributed by atoms with Gasteiger partial charge in [0.15, 0.2) is 0 Å². The van der Waals surface area contributed by atoms with Crippen LogP contribution in [0.3, 0.4) is 0 Å². The molecule has 0 aromatic rings. The fraction of sp³-hybridized carbons (Fsp3) is 0.920. The fourth-order valence-electron chi connectivity index (χ4n) is 3.62. The van der Waals surface area contributed by atoms with Crippen LogP contribution in [0, 0.1) is 11.8 Å². The van der Waals surface area contributed by atoms with Gasteiger partial charge in [0.1, 0.15) is 0 Å². The van der Waals surface area contributed by atoms with Gasteiger partial charge in [-0.3, -0.25) is 9.59 Å². The first-order valence-electron chi connectivity index (χ1n) is 12.4. The summed E-state index contributed by atoms with van der Waals surface area (Å²) in [7, 11) is 0. The molecule has 0 rings (SSSR count). The minimum absolute atomic E-state index is 0.0160. The second-order valence-electron chi connectivity index (χ2n) is 8.77. The molecular formula is C25H48O4. The van der Waals surface area contributed by atoms with Crippen LogP contribution < -0.4 is 0 Å². The van der Waals surface area contributed by atoms with Crippen molar-refractivity contribution in [1.29, 1.82) is 0 Å². The van der Waals surface area contributed by atoms with Gasteiger partial charge >= 0.3 is 11.9 Å². The molecule has 0 amide bonds. The zero-order valence-electron chi connectivity index (χ0n) is 19.6. The normalized spacial score (nSPS) is 13.2. The van der Waals surface area contributed by atoms with Crippen molar-refractivity contribution in [3.63, 3.8) is 0 Å². The minimum Gasteiger partial charge on any atom is -0.481 e. The quantitative estimate of drug-likeness (QED) is 0.156. The SMILES string of the molecule is CCCCC(CC)COC(=O)CCCCCCCCCCCCCC(C)C(=O)O. The molecule has 0 radical (unpaired) electrons. The van der Waals surface area contributed by atoms with Crippen molar-refractivity contribution in [2.45, 2.75) is 130 Å². The molecule has 0 heterocycles. The number of ether oxygens (including phenoxy) is 1. The molecule has 0 aromatic carbocycles. The molecule has 2 atom stereocenters. The lowest BCUT2D eigenvalue weighted by molar-refractivity contribution is -0.145. The van der Waals surface area contributed by atoms with Gasteiger partial charge in [0.25, 0.3) is 0 Å². The highest BCUT2D eigenvalue weighted by Crippen LogP contribution is 2.16. The van der Waals surface area contributed by atoms with E-state index in [1.54, 1.807) is 6.92 Å². The highest BCUT2D eigenvalue weighted by Gasteiger charge is 2.10. The Hall–Kier alpha value is -1.06. The number of carbonyl (C=O) groups excluding carboxylic acids is 1. The summed E-state index contributed by atoms with van der Waals surface area (Å²) in [5, 5.41) is 8.84. The van der Waals surface area contributed by atoms with E-state index in [1.807, 2.05) is 0 Å². The van der Waals surface area contributed by atoms with Gasteiger partial charge in [0, 0.05) is 6.42 Å². The van der Waals surface area contributed by atoms with E-state index < -0.39 is 5.97 Å². The lowest BCUT2D eigenvalue weighted by atomic mass is 10.0. The smallest absolute Gasteiger partial charge is 0.306 e. The zero-order chi connectivity index (χ0) is 21.7. The van der Waals surface area contributed by atoms with E-state index in [1.165, 1.54) is 64.2 Å². The van der Waals surface area contributed by atoms with Crippen molar-refractivity contribution in [2.75, 3.05) is 6.61 Å². The minimum atomic E-state index is -0.672. The second-order valence-corrected chi connectivity index (χ2v) is 8.77. The van der Waals surface area contributed by atoms with Crippen molar-refractivity contribution >= 4 is 11.9 Å². The van der Waals surface area contributed by atoms with Crippen molar-refractivity contribution in [2.24, 2.45) is 11.8 Å². The van der Waals surface area contributed by atoms with Crippen molar-refractivity contribution in [3.05, 3.63) is 0 Å². The van der Waals surface area contributed by atoms with Crippen LogP contribution in [0.5, 0.6) is 0 Å². The molecule has 0 bridgehead atoms. The molecule has 0 fully saturated rings. The molecule has 29 heavy (non-hydrogen) atoms. The Balaban J connectivity index is 3.34. The maximum Gasteiger partial charge on any atom is 0.306 e. The Morgan fingerprint density at radius 1 is 0.759 bits per heavy atom. The first kappa shape index (κ1) is 27.9. The van der Waals surface area contributed by atoms with Gasteiger partial charge in [-0.15, -0.1) is 0 Å². The Kier molecular flexibility index (Phi) is 19.5. The zero-order valence-corrected chi connectivity index (χ0v) is 19.6. The molecule has 0 spiro atoms. The van der Waals surface area contributed by atoms with E-state index in [9.17, 15) is 9.59 Å². The summed E-state index contributed by atoms with van der Waals surface area (Å²) >= 11 is 0. The number of unbranched alkanes of at least 4 members (excludes halogenated alkanes) is 11. The van der Waals surface area contributed by atoms with Gasteiger partial charge in [-0.2, -0.15) is 0 Å². The fourth-order valence-corrected chi connectivity index (χ4v) is 3.62. The maximum absolute atomic E-state index is 11.8. The molecule has 1 N–H and O–H groups in total. The van der Waals surface area contributed by atoms with Gasteiger partial charge < -0.3 is 9.84 Å². The van der Waals surface area contributed by atoms with E-state index >= 15 is 0 Å². The molecule has 2 unspecified atom stereocenters. The lowest BCUT2D eigenvalue weighted by Gasteiger charge is -2.14. The monoisotopic (exact) mass is 412 g/mol. The first-order chi connectivity index (χ1) is 14.0. The Morgan fingerprint density at radius 3 is 1.76 bits per heavy atom. The number of aliphatic carboxylic acids is 1. The first-order valence-corrected chi connectivity index (χ1v) is 12.4. The van der Waals surface area contributed by atoms with E-state index in [-0.39, 0.29) is 11.9 Å². The molecular weight excluding hydrogens is 364 g/mol. The van der Waals surface area contributed by atoms with E-state index in [4.69, 9.17) is 9.84 Å². The van der Waals surface area contributed by atoms with Crippen molar-refractivity contribution < 1.29 is 19.4 Å². The van der Waals surface area contributed by atoms with E-state index in [2.05, 4.69) is 13.8 Å². The van der Waals surface area contributed by atoms with Crippen LogP contribution in [0.1, 0.15) is 130 Å². The lowest BCUT2D eigenvalue weighted by Crippen LogP contribution is -2.13. The number of carbonyl (C=O) groups is 2. The Morgan fingerprint density at radius 2 is 1.28 bits per heavy atom. The number of rotatable bonds is 21. The van der Waals surface area contributed by atoms with Crippen LogP contribution in [0.2, 0.25) is 0 Å². The summed E-state index contributed by atoms with van der Waals surface area (Å²) in [4.78, 5) is 22.6. The summed E-state index contributed by atoms with van der Waals surface area (Å²) < 4.78 is 5.45. The largest absolute Gasteiger partial charge is 0.481 e. The van der Waals surface area contributed by atoms with Crippen molar-refractivity contribution in [1.82, 2.24) is 0 Å². The third-order valence-corrected chi connectivity index (χ3v) is 5.96. The molecule has 0 aliphatic rings. The molecule has 0 saturated carbocycles. The Bertz CT molecular complexity index is 394. The van der Waals surface area contributed by atoms with Gasteiger partial charge in [0.05, 0.1) is 12.5 Å². The third kappa shape index (κ3) is 18.7. The molecule has 0 aliphatic carbocycles. The van der Waals surface area contributed by atoms with E-state index in [0.29, 0.717) is 18.9 Å². The van der Waals surface area contributed by atoms with Crippen LogP contribution in [0.25, 0.3) is 0 Å². The molecule has 172 valence electrons. The number of esters is 1. The summed E-state index contributed by atoms with van der Waals surface area (Å²) in [5.74, 6) is -0.352. The average Bonchev–Trinajstić information content (AvgIpc) is 2.71. The molecule has 4 nitrogen and oxygen atoms in total. The average molecular weight is 413 g/mol. The summed E-state index contributed by atoms with van der Waals surface area (Å²) in [5.41, 5.74) is 0. The number of carboxylic acid groups (broad SMARTS) is 1. The molecule has 0 aromatic heterocycles. The summed E-state index contributed by atoms with van der Waals surface area (Å²) in [6.45, 7) is 6.78. The summed E-state index contributed by atoms with van der Waals surface area (Å²) in [6.07, 6.45) is 19.2. The standard InChI is InChI=1S/C25H48O4/c1-4-6-19-23(5-2)21-29-24(26)20-17-15-13-11-9-7-8-10-12-14-16-18-22(3)25(27)28/h22-23H,4-21H2,1-3H3,(H,27,28). The molecule has 0 aliphatic heterocycles. The van der Waals surface area contributed by atoms with Gasteiger partial charge in [-0.1, -0.05) is 104 Å². The highest BCUT2D eigenvalue weighted by molar-refractivity contribution is 5.69. The van der Waals surface area contributed by atoms with Gasteiger partial charge in [-0.05, 0) is 25.2 Å². The van der Waals surface area contributed by atoms with Crippen LogP contribution >= 0.6 is 0 Å². The maximum atomic E-state index is 11.8. The van der Waals surface area contributed by atoms with Crippen LogP contribution in [-0.4, -0.2) is 23.7 Å². The molecule has 4 heteroatoms. The predicted octanol–water partition coefficient (Wildman–Crippen LogP) is 7.54. The topological polar surface area (TPSA) is 63.6 Å². The Labute approximate surface area is 180 Å². The number of hydrogen-bond donors (Lipinski definition) is 1. The third-order valence-electron chi connectivity index (χ3n) is 5.96. The predicted molar refractivity (Wildman–Crippen MR) is 121 cm³/mol. The summed E-state index contributed by atoms with van der Waals surface area (Å²) in [6, 6.07) is 0. The van der Waals surface area contributed by atoms with E-state index in [0.717, 1.165) is 38.5 Å². The second kappa shape index (κ2) is 20.2. The number of hydrogen-bond acceptors (Lipinski definition) is 3. The van der Waals surface area contributed by atoms with Gasteiger partial charge in [-0.25, -0.2) is 0 Å². The van der Waals surface area contributed by atoms with Crippen molar-refractivity contribution in [3.8, 4) is 0 Å². The van der Waals surface area contributed by atoms with Crippen LogP contribution in [-0.2, 0) is 14.3 Å². The van der Waals surface area contributed by atoms with Crippen LogP contribution in [0.4, 0.5) is 0 Å². The highest BCUT2D eigenvalue weighted by atomic mass is 16.5.